The maximum atomic E-state index is 5.86. The van der Waals surface area contributed by atoms with Crippen LogP contribution in [0.2, 0.25) is 5.02 Å². The molecular formula is C11H16ClN3. The average Bonchev–Trinajstić information content (AvgIpc) is 2.61. The Hall–Kier alpha value is -0.610. The summed E-state index contributed by atoms with van der Waals surface area (Å²) in [4.78, 5) is 0. The first-order chi connectivity index (χ1) is 7.22. The molecule has 3 atom stereocenters. The maximum absolute atomic E-state index is 5.86. The van der Waals surface area contributed by atoms with Gasteiger partial charge >= 0.3 is 0 Å². The predicted octanol–water partition coefficient (Wildman–Crippen LogP) is 1.45. The predicted molar refractivity (Wildman–Crippen MR) is 62.5 cm³/mol. The number of halogens is 1. The van der Waals surface area contributed by atoms with Crippen molar-refractivity contribution < 1.29 is 0 Å². The van der Waals surface area contributed by atoms with E-state index in [9.17, 15) is 0 Å². The molecule has 1 aliphatic heterocycles. The van der Waals surface area contributed by atoms with Crippen molar-refractivity contribution in [1.82, 2.24) is 10.9 Å². The van der Waals surface area contributed by atoms with Gasteiger partial charge in [0.1, 0.15) is 0 Å². The third-order valence-corrected chi connectivity index (χ3v) is 3.29. The molecule has 0 aliphatic carbocycles. The number of hydrogen-bond acceptors (Lipinski definition) is 3. The number of hydrazine groups is 1. The molecule has 82 valence electrons. The topological polar surface area (TPSA) is 50.1 Å². The summed E-state index contributed by atoms with van der Waals surface area (Å²) in [5.74, 6) is 0.422. The van der Waals surface area contributed by atoms with E-state index in [1.807, 2.05) is 24.3 Å². The normalized spacial score (nSPS) is 30.7. The van der Waals surface area contributed by atoms with E-state index in [1.165, 1.54) is 5.56 Å². The third-order valence-electron chi connectivity index (χ3n) is 3.04. The molecule has 0 spiro atoms. The fourth-order valence-corrected chi connectivity index (χ4v) is 2.19. The smallest absolute Gasteiger partial charge is 0.0517 e. The molecule has 0 aromatic heterocycles. The second-order valence-corrected chi connectivity index (χ2v) is 4.44. The molecule has 4 heteroatoms. The molecule has 1 heterocycles. The van der Waals surface area contributed by atoms with Crippen LogP contribution in [0.25, 0.3) is 0 Å². The molecule has 1 aromatic carbocycles. The van der Waals surface area contributed by atoms with Crippen molar-refractivity contribution in [2.75, 3.05) is 6.54 Å². The Bertz CT molecular complexity index is 325. The molecule has 4 N–H and O–H groups in total. The van der Waals surface area contributed by atoms with Crippen LogP contribution in [-0.4, -0.2) is 12.6 Å². The fraction of sp³-hybridized carbons (Fsp3) is 0.455. The summed E-state index contributed by atoms with van der Waals surface area (Å²) in [6.07, 6.45) is 0. The van der Waals surface area contributed by atoms with Crippen molar-refractivity contribution in [3.8, 4) is 0 Å². The van der Waals surface area contributed by atoms with Gasteiger partial charge in [-0.25, -0.2) is 5.43 Å². The summed E-state index contributed by atoms with van der Waals surface area (Å²) in [6, 6.07) is 8.59. The highest BCUT2D eigenvalue weighted by Crippen LogP contribution is 2.28. The van der Waals surface area contributed by atoms with Crippen molar-refractivity contribution in [2.45, 2.75) is 19.0 Å². The van der Waals surface area contributed by atoms with E-state index < -0.39 is 0 Å². The molecule has 0 radical (unpaired) electrons. The van der Waals surface area contributed by atoms with Gasteiger partial charge in [-0.15, -0.1) is 0 Å². The van der Waals surface area contributed by atoms with Crippen LogP contribution < -0.4 is 16.6 Å². The van der Waals surface area contributed by atoms with Crippen LogP contribution in [0.4, 0.5) is 0 Å². The van der Waals surface area contributed by atoms with Crippen LogP contribution in [0, 0.1) is 5.92 Å². The van der Waals surface area contributed by atoms with Crippen molar-refractivity contribution in [1.29, 1.82) is 0 Å². The van der Waals surface area contributed by atoms with E-state index in [2.05, 4.69) is 17.8 Å². The van der Waals surface area contributed by atoms with Crippen LogP contribution in [0.5, 0.6) is 0 Å². The summed E-state index contributed by atoms with van der Waals surface area (Å²) in [5, 5.41) is 0.766. The first-order valence-electron chi connectivity index (χ1n) is 5.19. The van der Waals surface area contributed by atoms with Gasteiger partial charge in [-0.2, -0.15) is 0 Å². The molecule has 3 unspecified atom stereocenters. The largest absolute Gasteiger partial charge is 0.330 e. The standard InChI is InChI=1S/C11H16ClN3/c1-7-10(6-13)11(15-14-7)8-2-4-9(12)5-3-8/h2-5,7,10-11,14-15H,6,13H2,1H3. The lowest BCUT2D eigenvalue weighted by Gasteiger charge is -2.19. The van der Waals surface area contributed by atoms with Crippen molar-refractivity contribution in [3.05, 3.63) is 34.9 Å². The van der Waals surface area contributed by atoms with Gasteiger partial charge in [-0.05, 0) is 31.2 Å². The van der Waals surface area contributed by atoms with E-state index in [1.54, 1.807) is 0 Å². The molecule has 1 fully saturated rings. The van der Waals surface area contributed by atoms with Crippen molar-refractivity contribution >= 4 is 11.6 Å². The quantitative estimate of drug-likeness (QED) is 0.714. The minimum Gasteiger partial charge on any atom is -0.330 e. The first-order valence-corrected chi connectivity index (χ1v) is 5.56. The number of nitrogens with one attached hydrogen (secondary N) is 2. The lowest BCUT2D eigenvalue weighted by molar-refractivity contribution is 0.444. The molecule has 1 aromatic rings. The van der Waals surface area contributed by atoms with E-state index in [0.29, 0.717) is 18.5 Å². The SMILES string of the molecule is CC1NNC(c2ccc(Cl)cc2)C1CN. The number of benzene rings is 1. The fourth-order valence-electron chi connectivity index (χ4n) is 2.06. The Morgan fingerprint density at radius 2 is 1.93 bits per heavy atom. The lowest BCUT2D eigenvalue weighted by Crippen LogP contribution is -2.30. The number of nitrogens with two attached hydrogens (primary N) is 1. The van der Waals surface area contributed by atoms with E-state index in [-0.39, 0.29) is 6.04 Å². The summed E-state index contributed by atoms with van der Waals surface area (Å²) in [7, 11) is 0. The zero-order chi connectivity index (χ0) is 10.8. The minimum atomic E-state index is 0.280. The zero-order valence-electron chi connectivity index (χ0n) is 8.70. The van der Waals surface area contributed by atoms with Crippen LogP contribution >= 0.6 is 11.6 Å². The summed E-state index contributed by atoms with van der Waals surface area (Å²) >= 11 is 5.86. The van der Waals surface area contributed by atoms with Crippen LogP contribution in [0.1, 0.15) is 18.5 Å². The Labute approximate surface area is 95.0 Å². The van der Waals surface area contributed by atoms with Crippen molar-refractivity contribution in [3.63, 3.8) is 0 Å². The minimum absolute atomic E-state index is 0.280. The summed E-state index contributed by atoms with van der Waals surface area (Å²) in [5.41, 5.74) is 13.5. The molecule has 0 amide bonds. The van der Waals surface area contributed by atoms with Gasteiger partial charge in [0.25, 0.3) is 0 Å². The van der Waals surface area contributed by atoms with Crippen LogP contribution in [-0.2, 0) is 0 Å². The molecular weight excluding hydrogens is 210 g/mol. The van der Waals surface area contributed by atoms with Gasteiger partial charge in [0, 0.05) is 17.0 Å². The van der Waals surface area contributed by atoms with E-state index >= 15 is 0 Å². The highest BCUT2D eigenvalue weighted by atomic mass is 35.5. The van der Waals surface area contributed by atoms with Crippen LogP contribution in [0.15, 0.2) is 24.3 Å². The Morgan fingerprint density at radius 3 is 2.53 bits per heavy atom. The maximum Gasteiger partial charge on any atom is 0.0517 e. The first kappa shape index (κ1) is 10.9. The second-order valence-electron chi connectivity index (χ2n) is 4.01. The molecule has 1 aliphatic rings. The van der Waals surface area contributed by atoms with Gasteiger partial charge in [-0.3, -0.25) is 5.43 Å². The molecule has 0 saturated carbocycles. The van der Waals surface area contributed by atoms with E-state index in [0.717, 1.165) is 5.02 Å². The zero-order valence-corrected chi connectivity index (χ0v) is 9.46. The third kappa shape index (κ3) is 2.16. The Balaban J connectivity index is 2.20. The summed E-state index contributed by atoms with van der Waals surface area (Å²) < 4.78 is 0. The second kappa shape index (κ2) is 4.49. The van der Waals surface area contributed by atoms with Gasteiger partial charge in [-0.1, -0.05) is 23.7 Å². The average molecular weight is 226 g/mol. The van der Waals surface area contributed by atoms with Gasteiger partial charge in [0.05, 0.1) is 6.04 Å². The highest BCUT2D eigenvalue weighted by molar-refractivity contribution is 6.30. The van der Waals surface area contributed by atoms with Gasteiger partial charge in [0.15, 0.2) is 0 Å². The lowest BCUT2D eigenvalue weighted by atomic mass is 9.90. The van der Waals surface area contributed by atoms with E-state index in [4.69, 9.17) is 17.3 Å². The molecule has 15 heavy (non-hydrogen) atoms. The number of hydrogen-bond donors (Lipinski definition) is 3. The van der Waals surface area contributed by atoms with Gasteiger partial charge in [0.2, 0.25) is 0 Å². The highest BCUT2D eigenvalue weighted by Gasteiger charge is 2.32. The Morgan fingerprint density at radius 1 is 1.27 bits per heavy atom. The number of rotatable bonds is 2. The van der Waals surface area contributed by atoms with Crippen LogP contribution in [0.3, 0.4) is 0 Å². The molecule has 2 rings (SSSR count). The summed E-state index contributed by atoms with van der Waals surface area (Å²) in [6.45, 7) is 2.81. The van der Waals surface area contributed by atoms with Gasteiger partial charge < -0.3 is 5.73 Å². The Kier molecular flexibility index (Phi) is 3.26. The van der Waals surface area contributed by atoms with Crippen molar-refractivity contribution in [2.24, 2.45) is 11.7 Å². The molecule has 0 bridgehead atoms. The molecule has 3 nitrogen and oxygen atoms in total. The monoisotopic (exact) mass is 225 g/mol. The molecule has 1 saturated heterocycles.